The van der Waals surface area contributed by atoms with E-state index in [4.69, 9.17) is 11.6 Å². The van der Waals surface area contributed by atoms with Crippen LogP contribution in [0.5, 0.6) is 0 Å². The molecule has 1 heterocycles. The van der Waals surface area contributed by atoms with Gasteiger partial charge >= 0.3 is 0 Å². The van der Waals surface area contributed by atoms with E-state index in [1.54, 1.807) is 5.54 Å². The second kappa shape index (κ2) is 6.01. The van der Waals surface area contributed by atoms with Crippen LogP contribution in [0.15, 0.2) is 11.1 Å². The lowest BCUT2D eigenvalue weighted by Crippen LogP contribution is -2.46. The van der Waals surface area contributed by atoms with Crippen molar-refractivity contribution in [3.05, 3.63) is 11.1 Å². The minimum absolute atomic E-state index is 0.304. The molecule has 2 fully saturated rings. The third-order valence-corrected chi connectivity index (χ3v) is 4.49. The zero-order valence-electron chi connectivity index (χ0n) is 10.6. The summed E-state index contributed by atoms with van der Waals surface area (Å²) in [7, 11) is 0. The highest BCUT2D eigenvalue weighted by Crippen LogP contribution is 2.32. The standard InChI is InChI=1S/C14H22ClNO/c1-11(9-15)10-16-8-3-2-6-13(16)12-5-4-7-14(12)17/h9,12-13H,2-8,10H2,1H3. The molecule has 0 radical (unpaired) electrons. The van der Waals surface area contributed by atoms with E-state index >= 15 is 0 Å². The highest BCUT2D eigenvalue weighted by molar-refractivity contribution is 6.25. The maximum atomic E-state index is 11.9. The minimum Gasteiger partial charge on any atom is -0.299 e. The van der Waals surface area contributed by atoms with Gasteiger partial charge in [-0.15, -0.1) is 0 Å². The molecule has 1 aliphatic carbocycles. The van der Waals surface area contributed by atoms with Crippen molar-refractivity contribution in [1.29, 1.82) is 0 Å². The second-order valence-electron chi connectivity index (χ2n) is 5.45. The van der Waals surface area contributed by atoms with Gasteiger partial charge in [0.05, 0.1) is 0 Å². The normalized spacial score (nSPS) is 32.1. The first-order chi connectivity index (χ1) is 8.22. The van der Waals surface area contributed by atoms with Crippen molar-refractivity contribution in [1.82, 2.24) is 4.90 Å². The van der Waals surface area contributed by atoms with Gasteiger partial charge in [0.1, 0.15) is 5.78 Å². The molecule has 0 N–H and O–H groups in total. The maximum absolute atomic E-state index is 11.9. The molecule has 1 saturated carbocycles. The van der Waals surface area contributed by atoms with Crippen molar-refractivity contribution < 1.29 is 4.79 Å². The summed E-state index contributed by atoms with van der Waals surface area (Å²) in [6, 6.07) is 0.477. The van der Waals surface area contributed by atoms with Crippen LogP contribution in [0.25, 0.3) is 0 Å². The van der Waals surface area contributed by atoms with Gasteiger partial charge < -0.3 is 0 Å². The molecule has 1 saturated heterocycles. The number of piperidine rings is 1. The van der Waals surface area contributed by atoms with Crippen LogP contribution in [-0.4, -0.2) is 29.8 Å². The Labute approximate surface area is 109 Å². The first-order valence-corrected chi connectivity index (χ1v) is 7.18. The Morgan fingerprint density at radius 3 is 2.88 bits per heavy atom. The van der Waals surface area contributed by atoms with E-state index in [0.717, 1.165) is 32.4 Å². The molecule has 0 amide bonds. The van der Waals surface area contributed by atoms with Gasteiger partial charge in [0, 0.05) is 30.5 Å². The van der Waals surface area contributed by atoms with E-state index in [1.807, 2.05) is 0 Å². The van der Waals surface area contributed by atoms with Crippen LogP contribution in [0.2, 0.25) is 0 Å². The third-order valence-electron chi connectivity index (χ3n) is 4.12. The Bertz CT molecular complexity index is 313. The number of likely N-dealkylation sites (tertiary alicyclic amines) is 1. The van der Waals surface area contributed by atoms with Crippen molar-refractivity contribution in [2.24, 2.45) is 5.92 Å². The lowest BCUT2D eigenvalue weighted by molar-refractivity contribution is -0.123. The maximum Gasteiger partial charge on any atom is 0.137 e. The van der Waals surface area contributed by atoms with E-state index in [1.165, 1.54) is 24.8 Å². The fourth-order valence-corrected chi connectivity index (χ4v) is 3.34. The van der Waals surface area contributed by atoms with E-state index in [2.05, 4.69) is 11.8 Å². The van der Waals surface area contributed by atoms with E-state index in [-0.39, 0.29) is 0 Å². The molecule has 2 rings (SSSR count). The highest BCUT2D eigenvalue weighted by atomic mass is 35.5. The predicted molar refractivity (Wildman–Crippen MR) is 71.2 cm³/mol. The molecule has 2 aliphatic rings. The Morgan fingerprint density at radius 1 is 1.41 bits per heavy atom. The van der Waals surface area contributed by atoms with Gasteiger partial charge in [0.2, 0.25) is 0 Å². The predicted octanol–water partition coefficient (Wildman–Crippen LogP) is 3.35. The molecular weight excluding hydrogens is 234 g/mol. The molecule has 96 valence electrons. The Kier molecular flexibility index (Phi) is 4.63. The van der Waals surface area contributed by atoms with Gasteiger partial charge in [-0.25, -0.2) is 0 Å². The summed E-state index contributed by atoms with van der Waals surface area (Å²) in [6.07, 6.45) is 6.72. The monoisotopic (exact) mass is 255 g/mol. The number of ketones is 1. The fraction of sp³-hybridized carbons (Fsp3) is 0.786. The van der Waals surface area contributed by atoms with Crippen LogP contribution in [0.3, 0.4) is 0 Å². The van der Waals surface area contributed by atoms with Crippen LogP contribution in [-0.2, 0) is 4.79 Å². The Morgan fingerprint density at radius 2 is 2.24 bits per heavy atom. The summed E-state index contributed by atoms with van der Waals surface area (Å²) in [4.78, 5) is 14.4. The molecule has 2 nitrogen and oxygen atoms in total. The number of hydrogen-bond donors (Lipinski definition) is 0. The topological polar surface area (TPSA) is 20.3 Å². The molecule has 0 bridgehead atoms. The average Bonchev–Trinajstić information content (AvgIpc) is 2.76. The van der Waals surface area contributed by atoms with Crippen LogP contribution >= 0.6 is 11.6 Å². The van der Waals surface area contributed by atoms with E-state index < -0.39 is 0 Å². The van der Waals surface area contributed by atoms with Gasteiger partial charge in [-0.05, 0) is 44.7 Å². The summed E-state index contributed by atoms with van der Waals surface area (Å²) >= 11 is 5.75. The first kappa shape index (κ1) is 13.1. The van der Waals surface area contributed by atoms with E-state index in [9.17, 15) is 4.79 Å². The van der Waals surface area contributed by atoms with Crippen LogP contribution in [0.1, 0.15) is 45.4 Å². The van der Waals surface area contributed by atoms with Gasteiger partial charge in [-0.1, -0.05) is 18.0 Å². The largest absolute Gasteiger partial charge is 0.299 e. The highest BCUT2D eigenvalue weighted by Gasteiger charge is 2.36. The van der Waals surface area contributed by atoms with Gasteiger partial charge in [0.15, 0.2) is 0 Å². The molecule has 0 aromatic rings. The zero-order chi connectivity index (χ0) is 12.3. The smallest absolute Gasteiger partial charge is 0.137 e. The van der Waals surface area contributed by atoms with Gasteiger partial charge in [-0.3, -0.25) is 9.69 Å². The summed E-state index contributed by atoms with van der Waals surface area (Å²) in [5, 5.41) is 0. The third kappa shape index (κ3) is 3.11. The first-order valence-electron chi connectivity index (χ1n) is 6.75. The number of carbonyl (C=O) groups is 1. The minimum atomic E-state index is 0.304. The molecule has 2 unspecified atom stereocenters. The molecule has 1 aliphatic heterocycles. The zero-order valence-corrected chi connectivity index (χ0v) is 11.4. The summed E-state index contributed by atoms with van der Waals surface area (Å²) in [6.45, 7) is 4.11. The quantitative estimate of drug-likeness (QED) is 0.771. The van der Waals surface area contributed by atoms with Crippen molar-refractivity contribution in [3.63, 3.8) is 0 Å². The summed E-state index contributed by atoms with van der Waals surface area (Å²) in [5.74, 6) is 0.799. The molecule has 0 aromatic carbocycles. The summed E-state index contributed by atoms with van der Waals surface area (Å²) in [5.41, 5.74) is 2.87. The molecule has 0 spiro atoms. The molecule has 17 heavy (non-hydrogen) atoms. The Balaban J connectivity index is 2.03. The molecule has 0 aromatic heterocycles. The number of halogens is 1. The summed E-state index contributed by atoms with van der Waals surface area (Å²) < 4.78 is 0. The van der Waals surface area contributed by atoms with Crippen LogP contribution in [0.4, 0.5) is 0 Å². The van der Waals surface area contributed by atoms with Crippen LogP contribution in [0, 0.1) is 5.92 Å². The number of nitrogens with zero attached hydrogens (tertiary/aromatic N) is 1. The molecular formula is C14H22ClNO. The molecule has 3 heteroatoms. The fourth-order valence-electron chi connectivity index (χ4n) is 3.27. The number of rotatable bonds is 3. The van der Waals surface area contributed by atoms with Crippen molar-refractivity contribution in [2.75, 3.05) is 13.1 Å². The molecule has 2 atom stereocenters. The average molecular weight is 256 g/mol. The van der Waals surface area contributed by atoms with Gasteiger partial charge in [0.25, 0.3) is 0 Å². The number of carbonyl (C=O) groups excluding carboxylic acids is 1. The number of hydrogen-bond acceptors (Lipinski definition) is 2. The van der Waals surface area contributed by atoms with Crippen molar-refractivity contribution >= 4 is 17.4 Å². The lowest BCUT2D eigenvalue weighted by atomic mass is 9.88. The number of Topliss-reactive ketones (excluding diaryl/α,β-unsaturated/α-hetero) is 1. The lowest BCUT2D eigenvalue weighted by Gasteiger charge is -2.38. The van der Waals surface area contributed by atoms with Gasteiger partial charge in [-0.2, -0.15) is 0 Å². The Hall–Kier alpha value is -0.340. The van der Waals surface area contributed by atoms with Crippen LogP contribution < -0.4 is 0 Å². The van der Waals surface area contributed by atoms with Crippen molar-refractivity contribution in [2.45, 2.75) is 51.5 Å². The second-order valence-corrected chi connectivity index (χ2v) is 5.67. The van der Waals surface area contributed by atoms with Crippen molar-refractivity contribution in [3.8, 4) is 0 Å². The SMILES string of the molecule is CC(=CCl)CN1CCCCC1C1CCCC1=O. The van der Waals surface area contributed by atoms with E-state index in [0.29, 0.717) is 17.7 Å².